The summed E-state index contributed by atoms with van der Waals surface area (Å²) in [7, 11) is 2.21. The maximum atomic E-state index is 2.41. The van der Waals surface area contributed by atoms with E-state index in [0.717, 1.165) is 6.42 Å². The Bertz CT molecular complexity index is 732. The second-order valence-electron chi connectivity index (χ2n) is 7.53. The molecule has 2 aromatic rings. The zero-order valence-electron chi connectivity index (χ0n) is 16.3. The molecular formula is C23H31N. The summed E-state index contributed by atoms with van der Waals surface area (Å²) in [5.74, 6) is 0. The van der Waals surface area contributed by atoms with Crippen LogP contribution in [0.1, 0.15) is 56.9 Å². The van der Waals surface area contributed by atoms with E-state index in [1.165, 1.54) is 33.5 Å². The van der Waals surface area contributed by atoms with Crippen LogP contribution in [0.15, 0.2) is 48.5 Å². The fourth-order valence-electron chi connectivity index (χ4n) is 3.13. The summed E-state index contributed by atoms with van der Waals surface area (Å²) < 4.78 is 0. The molecule has 0 aromatic heterocycles. The van der Waals surface area contributed by atoms with Gasteiger partial charge in [-0.05, 0) is 63.3 Å². The van der Waals surface area contributed by atoms with Crippen LogP contribution >= 0.6 is 0 Å². The third-order valence-electron chi connectivity index (χ3n) is 4.90. The molecule has 0 aliphatic rings. The minimum Gasteiger partial charge on any atom is -0.369 e. The molecule has 0 amide bonds. The topological polar surface area (TPSA) is 3.24 Å². The molecule has 0 atom stereocenters. The van der Waals surface area contributed by atoms with Crippen LogP contribution in [0.2, 0.25) is 0 Å². The van der Waals surface area contributed by atoms with E-state index in [-0.39, 0.29) is 5.54 Å². The van der Waals surface area contributed by atoms with Gasteiger partial charge in [0.15, 0.2) is 0 Å². The van der Waals surface area contributed by atoms with Crippen LogP contribution < -0.4 is 0 Å². The summed E-state index contributed by atoms with van der Waals surface area (Å²) >= 11 is 0. The number of allylic oxidation sites excluding steroid dienone is 1. The predicted octanol–water partition coefficient (Wildman–Crippen LogP) is 6.18. The van der Waals surface area contributed by atoms with E-state index in [0.29, 0.717) is 0 Å². The highest BCUT2D eigenvalue weighted by molar-refractivity contribution is 5.90. The molecule has 0 fully saturated rings. The maximum absolute atomic E-state index is 2.41. The number of aryl methyl sites for hydroxylation is 2. The van der Waals surface area contributed by atoms with Crippen molar-refractivity contribution in [3.8, 4) is 0 Å². The number of hydrogen-bond acceptors (Lipinski definition) is 1. The van der Waals surface area contributed by atoms with Crippen molar-refractivity contribution in [2.24, 2.45) is 0 Å². The number of benzene rings is 2. The van der Waals surface area contributed by atoms with Crippen LogP contribution in [0.5, 0.6) is 0 Å². The molecule has 1 heteroatoms. The lowest BCUT2D eigenvalue weighted by molar-refractivity contribution is 0.266. The average molecular weight is 322 g/mol. The van der Waals surface area contributed by atoms with E-state index in [9.17, 15) is 0 Å². The maximum Gasteiger partial charge on any atom is 0.0480 e. The van der Waals surface area contributed by atoms with Gasteiger partial charge in [0.1, 0.15) is 0 Å². The summed E-state index contributed by atoms with van der Waals surface area (Å²) in [5.41, 5.74) is 8.12. The molecule has 0 bridgehead atoms. The van der Waals surface area contributed by atoms with Crippen LogP contribution in [-0.2, 0) is 6.42 Å². The lowest BCUT2D eigenvalue weighted by Gasteiger charge is -2.38. The first kappa shape index (κ1) is 18.3. The fourth-order valence-corrected chi connectivity index (χ4v) is 3.13. The van der Waals surface area contributed by atoms with E-state index in [1.807, 2.05) is 0 Å². The van der Waals surface area contributed by atoms with Crippen LogP contribution in [0.4, 0.5) is 0 Å². The normalized spacial score (nSPS) is 12.8. The zero-order chi connectivity index (χ0) is 17.9. The molecule has 0 spiro atoms. The second-order valence-corrected chi connectivity index (χ2v) is 7.53. The lowest BCUT2D eigenvalue weighted by atomic mass is 9.91. The largest absolute Gasteiger partial charge is 0.369 e. The molecule has 2 aromatic carbocycles. The third-order valence-corrected chi connectivity index (χ3v) is 4.90. The molecule has 2 rings (SSSR count). The highest BCUT2D eigenvalue weighted by atomic mass is 15.2. The van der Waals surface area contributed by atoms with E-state index in [2.05, 4.69) is 102 Å². The van der Waals surface area contributed by atoms with E-state index >= 15 is 0 Å². The van der Waals surface area contributed by atoms with Gasteiger partial charge in [-0.15, -0.1) is 0 Å². The van der Waals surface area contributed by atoms with Crippen LogP contribution in [0, 0.1) is 6.92 Å². The van der Waals surface area contributed by atoms with E-state index in [4.69, 9.17) is 0 Å². The molecule has 0 heterocycles. The summed E-state index contributed by atoms with van der Waals surface area (Å²) in [5, 5.41) is 0. The van der Waals surface area contributed by atoms with Crippen molar-refractivity contribution < 1.29 is 0 Å². The molecule has 0 unspecified atom stereocenters. The zero-order valence-corrected chi connectivity index (χ0v) is 16.3. The van der Waals surface area contributed by atoms with Crippen molar-refractivity contribution in [3.05, 3.63) is 70.8 Å². The molecule has 1 nitrogen and oxygen atoms in total. The summed E-state index contributed by atoms with van der Waals surface area (Å²) in [6.07, 6.45) is 1.05. The van der Waals surface area contributed by atoms with Crippen molar-refractivity contribution in [1.29, 1.82) is 0 Å². The highest BCUT2D eigenvalue weighted by Crippen LogP contribution is 2.35. The van der Waals surface area contributed by atoms with Crippen molar-refractivity contribution in [1.82, 2.24) is 4.90 Å². The molecule has 0 N–H and O–H groups in total. The Kier molecular flexibility index (Phi) is 5.54. The van der Waals surface area contributed by atoms with Gasteiger partial charge in [0.25, 0.3) is 0 Å². The van der Waals surface area contributed by atoms with Gasteiger partial charge in [-0.3, -0.25) is 0 Å². The molecule has 0 saturated carbocycles. The number of rotatable bonds is 4. The van der Waals surface area contributed by atoms with Gasteiger partial charge >= 0.3 is 0 Å². The standard InChI is InChI=1S/C23H31N/c1-8-19-14-10-12-16-21(19)18(3)22(24(7)23(4,5)6)20-15-11-9-13-17(20)2/h9-16H,8H2,1-7H3/b22-18+. The van der Waals surface area contributed by atoms with Gasteiger partial charge in [0.2, 0.25) is 0 Å². The van der Waals surface area contributed by atoms with Gasteiger partial charge in [0, 0.05) is 23.8 Å². The fraction of sp³-hybridized carbons (Fsp3) is 0.391. The monoisotopic (exact) mass is 321 g/mol. The third kappa shape index (κ3) is 3.72. The van der Waals surface area contributed by atoms with Gasteiger partial charge in [0.05, 0.1) is 0 Å². The Morgan fingerprint density at radius 3 is 2.00 bits per heavy atom. The Morgan fingerprint density at radius 2 is 1.46 bits per heavy atom. The van der Waals surface area contributed by atoms with Crippen molar-refractivity contribution in [2.75, 3.05) is 7.05 Å². The van der Waals surface area contributed by atoms with Crippen LogP contribution in [-0.4, -0.2) is 17.5 Å². The summed E-state index contributed by atoms with van der Waals surface area (Å²) in [6, 6.07) is 17.5. The predicted molar refractivity (Wildman–Crippen MR) is 107 cm³/mol. The van der Waals surface area contributed by atoms with E-state index < -0.39 is 0 Å². The number of hydrogen-bond donors (Lipinski definition) is 0. The molecule has 0 aliphatic heterocycles. The minimum absolute atomic E-state index is 0.0556. The molecule has 0 saturated heterocycles. The quantitative estimate of drug-likeness (QED) is 0.608. The SMILES string of the molecule is CCc1ccccc1/C(C)=C(\c1ccccc1C)N(C)C(C)(C)C. The first-order chi connectivity index (χ1) is 11.3. The first-order valence-electron chi connectivity index (χ1n) is 8.86. The second kappa shape index (κ2) is 7.25. The molecule has 128 valence electrons. The van der Waals surface area contributed by atoms with Gasteiger partial charge in [-0.2, -0.15) is 0 Å². The smallest absolute Gasteiger partial charge is 0.0480 e. The lowest BCUT2D eigenvalue weighted by Crippen LogP contribution is -2.37. The average Bonchev–Trinajstić information content (AvgIpc) is 2.55. The summed E-state index contributed by atoms with van der Waals surface area (Å²) in [4.78, 5) is 2.41. The van der Waals surface area contributed by atoms with Crippen molar-refractivity contribution in [2.45, 2.75) is 53.5 Å². The van der Waals surface area contributed by atoms with Crippen LogP contribution in [0.25, 0.3) is 11.3 Å². The molecule has 0 aliphatic carbocycles. The minimum atomic E-state index is 0.0556. The van der Waals surface area contributed by atoms with Crippen LogP contribution in [0.3, 0.4) is 0 Å². The van der Waals surface area contributed by atoms with E-state index in [1.54, 1.807) is 0 Å². The summed E-state index contributed by atoms with van der Waals surface area (Å²) in [6.45, 7) is 13.5. The first-order valence-corrected chi connectivity index (χ1v) is 8.86. The van der Waals surface area contributed by atoms with Gasteiger partial charge in [-0.1, -0.05) is 55.5 Å². The Morgan fingerprint density at radius 1 is 0.917 bits per heavy atom. The number of nitrogens with zero attached hydrogens (tertiary/aromatic N) is 1. The Balaban J connectivity index is 2.76. The molecule has 0 radical (unpaired) electrons. The Labute approximate surface area is 148 Å². The molecule has 24 heavy (non-hydrogen) atoms. The Hall–Kier alpha value is -2.02. The van der Waals surface area contributed by atoms with Crippen molar-refractivity contribution >= 4 is 11.3 Å². The van der Waals surface area contributed by atoms with Crippen molar-refractivity contribution in [3.63, 3.8) is 0 Å². The highest BCUT2D eigenvalue weighted by Gasteiger charge is 2.24. The molecular weight excluding hydrogens is 290 g/mol. The van der Waals surface area contributed by atoms with Gasteiger partial charge in [-0.25, -0.2) is 0 Å². The van der Waals surface area contributed by atoms with Gasteiger partial charge < -0.3 is 4.90 Å².